The van der Waals surface area contributed by atoms with Crippen LogP contribution in [0.25, 0.3) is 66.0 Å². The first-order chi connectivity index (χ1) is 25.6. The summed E-state index contributed by atoms with van der Waals surface area (Å²) in [5.41, 5.74) is 20.5. The summed E-state index contributed by atoms with van der Waals surface area (Å²) in [6, 6.07) is 38.3. The average Bonchev–Trinajstić information content (AvgIpc) is 3.82. The van der Waals surface area contributed by atoms with E-state index in [-0.39, 0.29) is 17.7 Å². The molecule has 0 spiro atoms. The van der Waals surface area contributed by atoms with Gasteiger partial charge in [-0.3, -0.25) is 0 Å². The lowest BCUT2D eigenvalue weighted by atomic mass is 9.44. The zero-order valence-electron chi connectivity index (χ0n) is 31.0. The third kappa shape index (κ3) is 3.63. The summed E-state index contributed by atoms with van der Waals surface area (Å²) in [5.74, 6) is 0. The number of hydrogen-bond acceptors (Lipinski definition) is 3. The van der Waals surface area contributed by atoms with Crippen LogP contribution in [0.15, 0.2) is 112 Å². The van der Waals surface area contributed by atoms with Gasteiger partial charge in [-0.2, -0.15) is 0 Å². The first kappa shape index (κ1) is 29.9. The van der Waals surface area contributed by atoms with E-state index in [9.17, 15) is 0 Å². The van der Waals surface area contributed by atoms with Gasteiger partial charge in [-0.15, -0.1) is 0 Å². The van der Waals surface area contributed by atoms with Gasteiger partial charge in [0.15, 0.2) is 5.58 Å². The van der Waals surface area contributed by atoms with Gasteiger partial charge in [0, 0.05) is 55.2 Å². The van der Waals surface area contributed by atoms with E-state index in [4.69, 9.17) is 8.83 Å². The molecule has 12 rings (SSSR count). The molecule has 6 aromatic carbocycles. The van der Waals surface area contributed by atoms with Crippen molar-refractivity contribution in [3.8, 4) is 11.1 Å². The molecule has 53 heavy (non-hydrogen) atoms. The Morgan fingerprint density at radius 2 is 1.23 bits per heavy atom. The Bertz CT molecular complexity index is 3120. The van der Waals surface area contributed by atoms with Crippen LogP contribution in [0.4, 0.5) is 17.1 Å². The predicted octanol–water partition coefficient (Wildman–Crippen LogP) is 11.8. The third-order valence-electron chi connectivity index (χ3n) is 13.2. The molecule has 5 heteroatoms. The van der Waals surface area contributed by atoms with Gasteiger partial charge in [0.25, 0.3) is 0 Å². The molecule has 9 aromatic rings. The number of fused-ring (bicyclic) bond motifs is 14. The zero-order chi connectivity index (χ0) is 35.7. The highest BCUT2D eigenvalue weighted by atomic mass is 16.3. The molecular formula is C48H39BN2O2. The Hall–Kier alpha value is -5.68. The molecule has 256 valence electrons. The summed E-state index contributed by atoms with van der Waals surface area (Å²) in [7, 11) is 0. The Labute approximate surface area is 308 Å². The van der Waals surface area contributed by atoms with E-state index < -0.39 is 0 Å². The summed E-state index contributed by atoms with van der Waals surface area (Å²) in [6.45, 7) is 14.1. The fourth-order valence-electron chi connectivity index (χ4n) is 10.5. The molecule has 5 heterocycles. The first-order valence-electron chi connectivity index (χ1n) is 19.1. The van der Waals surface area contributed by atoms with Gasteiger partial charge >= 0.3 is 6.85 Å². The van der Waals surface area contributed by atoms with Crippen LogP contribution in [0, 0.1) is 13.8 Å². The van der Waals surface area contributed by atoms with Gasteiger partial charge in [0.05, 0.1) is 5.52 Å². The van der Waals surface area contributed by atoms with Crippen molar-refractivity contribution in [3.63, 3.8) is 0 Å². The van der Waals surface area contributed by atoms with Crippen molar-refractivity contribution in [2.75, 3.05) is 4.90 Å². The van der Waals surface area contributed by atoms with Crippen molar-refractivity contribution in [2.45, 2.75) is 65.2 Å². The molecule has 0 N–H and O–H groups in total. The number of anilines is 3. The SMILES string of the molecule is Cc1cc2c3c(c1)N(c1cc4c(cc1C)C(C)(C)CCC4(C)C)c1ccc4c(oc5ccccc54)c1B3n1c3c-2cccc3c2oc3ccccc3c21. The number of aromatic nitrogens is 1. The molecule has 0 atom stereocenters. The topological polar surface area (TPSA) is 34.5 Å². The van der Waals surface area contributed by atoms with Crippen molar-refractivity contribution in [2.24, 2.45) is 0 Å². The molecular weight excluding hydrogens is 647 g/mol. The van der Waals surface area contributed by atoms with E-state index in [1.807, 2.05) is 0 Å². The summed E-state index contributed by atoms with van der Waals surface area (Å²) in [4.78, 5) is 2.58. The minimum atomic E-state index is -0.139. The highest BCUT2D eigenvalue weighted by Crippen LogP contribution is 2.52. The van der Waals surface area contributed by atoms with Crippen molar-refractivity contribution >= 4 is 89.7 Å². The van der Waals surface area contributed by atoms with Crippen LogP contribution in [0.5, 0.6) is 0 Å². The number of benzene rings is 6. The van der Waals surface area contributed by atoms with Gasteiger partial charge in [0.2, 0.25) is 0 Å². The molecule has 0 saturated heterocycles. The minimum absolute atomic E-state index is 0.0762. The fourth-order valence-corrected chi connectivity index (χ4v) is 10.5. The Balaban J connectivity index is 1.28. The Morgan fingerprint density at radius 3 is 2.02 bits per heavy atom. The van der Waals surface area contributed by atoms with Gasteiger partial charge < -0.3 is 18.2 Å². The number of furan rings is 2. The summed E-state index contributed by atoms with van der Waals surface area (Å²) < 4.78 is 16.4. The minimum Gasteiger partial charge on any atom is -0.456 e. The third-order valence-corrected chi connectivity index (χ3v) is 13.2. The smallest absolute Gasteiger partial charge is 0.337 e. The van der Waals surface area contributed by atoms with Crippen LogP contribution in [-0.4, -0.2) is 11.3 Å². The highest BCUT2D eigenvalue weighted by molar-refractivity contribution is 6.91. The van der Waals surface area contributed by atoms with Gasteiger partial charge in [-0.05, 0) is 119 Å². The van der Waals surface area contributed by atoms with Crippen molar-refractivity contribution in [1.29, 1.82) is 0 Å². The van der Waals surface area contributed by atoms with Crippen LogP contribution in [-0.2, 0) is 10.8 Å². The van der Waals surface area contributed by atoms with E-state index in [1.165, 1.54) is 79.7 Å². The van der Waals surface area contributed by atoms with Crippen LogP contribution < -0.4 is 15.8 Å². The molecule has 4 nitrogen and oxygen atoms in total. The van der Waals surface area contributed by atoms with E-state index in [1.54, 1.807) is 0 Å². The first-order valence-corrected chi connectivity index (χ1v) is 19.1. The lowest BCUT2D eigenvalue weighted by Gasteiger charge is -2.44. The number of nitrogens with zero attached hydrogens (tertiary/aromatic N) is 2. The molecule has 0 amide bonds. The maximum atomic E-state index is 7.03. The largest absolute Gasteiger partial charge is 0.456 e. The van der Waals surface area contributed by atoms with Gasteiger partial charge in [-0.1, -0.05) is 82.3 Å². The molecule has 0 radical (unpaired) electrons. The second-order valence-corrected chi connectivity index (χ2v) is 17.3. The van der Waals surface area contributed by atoms with E-state index in [2.05, 4.69) is 154 Å². The molecule has 0 unspecified atom stereocenters. The van der Waals surface area contributed by atoms with E-state index >= 15 is 0 Å². The molecule has 2 aliphatic heterocycles. The summed E-state index contributed by atoms with van der Waals surface area (Å²) >= 11 is 0. The zero-order valence-corrected chi connectivity index (χ0v) is 31.0. The molecule has 3 aliphatic rings. The number of para-hydroxylation sites is 3. The molecule has 0 bridgehead atoms. The number of aryl methyl sites for hydroxylation is 2. The molecule has 3 aromatic heterocycles. The predicted molar refractivity (Wildman–Crippen MR) is 222 cm³/mol. The molecule has 1 aliphatic carbocycles. The van der Waals surface area contributed by atoms with Crippen molar-refractivity contribution in [3.05, 3.63) is 125 Å². The highest BCUT2D eigenvalue weighted by Gasteiger charge is 2.46. The summed E-state index contributed by atoms with van der Waals surface area (Å²) in [5, 5.41) is 4.59. The standard InChI is InChI=1S/C48H39BN2O2/c1-26-22-33-29-14-11-15-32-43(29)51(44-31-13-8-10-17-40(31)53-46(32)44)49-41(33)38(23-26)50(36-19-18-30-28-12-7-9-16-39(28)52-45(30)42(36)49)37-25-35-34(24-27(37)2)47(3,4)20-21-48(35,5)6/h7-19,22-25H,20-21H2,1-6H3. The van der Waals surface area contributed by atoms with Crippen molar-refractivity contribution < 1.29 is 8.83 Å². The van der Waals surface area contributed by atoms with E-state index in [0.717, 1.165) is 49.4 Å². The van der Waals surface area contributed by atoms with Crippen molar-refractivity contribution in [1.82, 2.24) is 4.48 Å². The Kier molecular flexibility index (Phi) is 5.43. The van der Waals surface area contributed by atoms with Gasteiger partial charge in [0.1, 0.15) is 16.7 Å². The lowest BCUT2D eigenvalue weighted by Crippen LogP contribution is -2.57. The Morgan fingerprint density at radius 1 is 0.547 bits per heavy atom. The quantitative estimate of drug-likeness (QED) is 0.161. The average molecular weight is 687 g/mol. The normalized spacial score (nSPS) is 16.6. The monoisotopic (exact) mass is 686 g/mol. The van der Waals surface area contributed by atoms with Crippen LogP contribution in [0.2, 0.25) is 0 Å². The van der Waals surface area contributed by atoms with Crippen LogP contribution in [0.3, 0.4) is 0 Å². The molecule has 0 fully saturated rings. The lowest BCUT2D eigenvalue weighted by molar-refractivity contribution is 0.332. The maximum Gasteiger partial charge on any atom is 0.337 e. The maximum absolute atomic E-state index is 7.03. The van der Waals surface area contributed by atoms with E-state index in [0.29, 0.717) is 0 Å². The van der Waals surface area contributed by atoms with Crippen LogP contribution >= 0.6 is 0 Å². The van der Waals surface area contributed by atoms with Gasteiger partial charge in [-0.25, -0.2) is 0 Å². The number of rotatable bonds is 1. The summed E-state index contributed by atoms with van der Waals surface area (Å²) in [6.07, 6.45) is 2.36. The second kappa shape index (κ2) is 9.65. The molecule has 0 saturated carbocycles. The fraction of sp³-hybridized carbons (Fsp3) is 0.208. The second-order valence-electron chi connectivity index (χ2n) is 17.3. The number of hydrogen-bond donors (Lipinski definition) is 0. The van der Waals surface area contributed by atoms with Crippen LogP contribution in [0.1, 0.15) is 62.8 Å².